The van der Waals surface area contributed by atoms with Crippen molar-refractivity contribution in [2.75, 3.05) is 32.1 Å². The summed E-state index contributed by atoms with van der Waals surface area (Å²) in [6, 6.07) is 9.02. The molecule has 6 nitrogen and oxygen atoms in total. The number of aliphatic hydroxyl groups is 1. The summed E-state index contributed by atoms with van der Waals surface area (Å²) < 4.78 is 5.89. The highest BCUT2D eigenvalue weighted by Crippen LogP contribution is 2.31. The second kappa shape index (κ2) is 9.37. The van der Waals surface area contributed by atoms with Gasteiger partial charge in [-0.2, -0.15) is 0 Å². The molecule has 1 aromatic heterocycles. The number of thioether (sulfide) groups is 1. The molecular formula is C23H30N4O2S. The van der Waals surface area contributed by atoms with Gasteiger partial charge in [-0.1, -0.05) is 6.08 Å². The molecule has 160 valence electrons. The molecule has 0 bridgehead atoms. The molecule has 0 radical (unpaired) electrons. The molecule has 1 N–H and O–H groups in total. The largest absolute Gasteiger partial charge is 0.420 e. The molecule has 4 rings (SSSR count). The number of aliphatic hydroxyl groups excluding tert-OH is 1. The molecule has 30 heavy (non-hydrogen) atoms. The van der Waals surface area contributed by atoms with Crippen molar-refractivity contribution in [1.29, 1.82) is 0 Å². The van der Waals surface area contributed by atoms with E-state index in [-0.39, 0.29) is 6.10 Å². The van der Waals surface area contributed by atoms with Gasteiger partial charge in [-0.3, -0.25) is 0 Å². The van der Waals surface area contributed by atoms with Gasteiger partial charge >= 0.3 is 0 Å². The molecule has 0 saturated carbocycles. The predicted octanol–water partition coefficient (Wildman–Crippen LogP) is 4.10. The van der Waals surface area contributed by atoms with E-state index in [0.717, 1.165) is 42.0 Å². The van der Waals surface area contributed by atoms with Gasteiger partial charge in [0.15, 0.2) is 0 Å². The third-order valence-electron chi connectivity index (χ3n) is 5.85. The van der Waals surface area contributed by atoms with E-state index in [0.29, 0.717) is 23.6 Å². The molecular weight excluding hydrogens is 396 g/mol. The van der Waals surface area contributed by atoms with E-state index >= 15 is 0 Å². The van der Waals surface area contributed by atoms with Gasteiger partial charge in [-0.05, 0) is 76.2 Å². The maximum Gasteiger partial charge on any atom is 0.247 e. The van der Waals surface area contributed by atoms with Crippen molar-refractivity contribution in [2.24, 2.45) is 0 Å². The molecule has 1 saturated heterocycles. The van der Waals surface area contributed by atoms with E-state index in [9.17, 15) is 5.11 Å². The molecule has 1 aromatic carbocycles. The average molecular weight is 427 g/mol. The zero-order chi connectivity index (χ0) is 21.1. The van der Waals surface area contributed by atoms with Crippen molar-refractivity contribution in [3.8, 4) is 11.5 Å². The van der Waals surface area contributed by atoms with Crippen molar-refractivity contribution in [3.05, 3.63) is 52.8 Å². The third-order valence-corrected chi connectivity index (χ3v) is 6.85. The van der Waals surface area contributed by atoms with Crippen LogP contribution in [0.4, 0.5) is 5.69 Å². The summed E-state index contributed by atoms with van der Waals surface area (Å²) in [6.45, 7) is 3.97. The number of hydrogen-bond donors (Lipinski definition) is 1. The minimum Gasteiger partial charge on any atom is -0.420 e. The van der Waals surface area contributed by atoms with Gasteiger partial charge < -0.3 is 19.3 Å². The van der Waals surface area contributed by atoms with E-state index < -0.39 is 0 Å². The van der Waals surface area contributed by atoms with Crippen molar-refractivity contribution < 1.29 is 9.52 Å². The topological polar surface area (TPSA) is 65.6 Å². The van der Waals surface area contributed by atoms with Gasteiger partial charge in [0.25, 0.3) is 0 Å². The molecule has 2 aromatic rings. The van der Waals surface area contributed by atoms with E-state index in [4.69, 9.17) is 4.42 Å². The molecule has 0 spiro atoms. The zero-order valence-electron chi connectivity index (χ0n) is 17.9. The highest BCUT2D eigenvalue weighted by molar-refractivity contribution is 8.02. The molecule has 0 amide bonds. The lowest BCUT2D eigenvalue weighted by Gasteiger charge is -2.21. The van der Waals surface area contributed by atoms with Crippen molar-refractivity contribution >= 4 is 17.4 Å². The number of rotatable bonds is 7. The van der Waals surface area contributed by atoms with Gasteiger partial charge in [0.2, 0.25) is 11.8 Å². The lowest BCUT2D eigenvalue weighted by Crippen LogP contribution is -2.31. The minimum absolute atomic E-state index is 0.387. The van der Waals surface area contributed by atoms with Gasteiger partial charge in [0.1, 0.15) is 0 Å². The fraction of sp³-hybridized carbons (Fsp3) is 0.478. The van der Waals surface area contributed by atoms with Gasteiger partial charge in [-0.25, -0.2) is 0 Å². The number of allylic oxidation sites excluding steroid dienone is 2. The Morgan fingerprint density at radius 2 is 2.07 bits per heavy atom. The normalized spacial score (nSPS) is 20.4. The summed E-state index contributed by atoms with van der Waals surface area (Å²) in [4.78, 5) is 5.89. The van der Waals surface area contributed by atoms with Crippen LogP contribution in [0.3, 0.4) is 0 Å². The summed E-state index contributed by atoms with van der Waals surface area (Å²) in [6.07, 6.45) is 6.98. The lowest BCUT2D eigenvalue weighted by molar-refractivity contribution is 0.227. The van der Waals surface area contributed by atoms with Crippen LogP contribution in [0.5, 0.6) is 0 Å². The second-order valence-electron chi connectivity index (χ2n) is 8.23. The Kier molecular flexibility index (Phi) is 6.61. The molecule has 2 aliphatic rings. The summed E-state index contributed by atoms with van der Waals surface area (Å²) in [7, 11) is 4.30. The van der Waals surface area contributed by atoms with E-state index in [1.807, 2.05) is 6.92 Å². The van der Waals surface area contributed by atoms with Crippen molar-refractivity contribution in [3.63, 3.8) is 0 Å². The van der Waals surface area contributed by atoms with Crippen LogP contribution < -0.4 is 4.90 Å². The van der Waals surface area contributed by atoms with Gasteiger partial charge in [0.05, 0.1) is 11.9 Å². The molecule has 1 fully saturated rings. The second-order valence-corrected chi connectivity index (χ2v) is 9.28. The standard InChI is InChI=1S/C23H30N4O2S/c1-16(28)18-5-4-6-21(13-18)30-15-22-24-25-23(29-22)17-7-9-19(10-8-17)27-12-11-20(14-27)26(2)3/h6-10,13,16,20,28H,4-5,11-12,14-15H2,1-3H3. The zero-order valence-corrected chi connectivity index (χ0v) is 18.7. The van der Waals surface area contributed by atoms with Crippen LogP contribution in [0.1, 0.15) is 32.1 Å². The van der Waals surface area contributed by atoms with E-state index in [1.54, 1.807) is 11.8 Å². The fourth-order valence-corrected chi connectivity index (χ4v) is 4.79. The van der Waals surface area contributed by atoms with Gasteiger partial charge in [-0.15, -0.1) is 22.0 Å². The van der Waals surface area contributed by atoms with Crippen LogP contribution in [0.15, 0.2) is 51.3 Å². The Morgan fingerprint density at radius 1 is 1.27 bits per heavy atom. The quantitative estimate of drug-likeness (QED) is 0.715. The van der Waals surface area contributed by atoms with Crippen LogP contribution >= 0.6 is 11.8 Å². The summed E-state index contributed by atoms with van der Waals surface area (Å²) in [5, 5.41) is 18.2. The van der Waals surface area contributed by atoms with Crippen LogP contribution in [-0.4, -0.2) is 59.5 Å². The first-order valence-electron chi connectivity index (χ1n) is 10.6. The van der Waals surface area contributed by atoms with Crippen LogP contribution in [-0.2, 0) is 5.75 Å². The van der Waals surface area contributed by atoms with Crippen LogP contribution in [0, 0.1) is 0 Å². The number of aromatic nitrogens is 2. The molecule has 1 aliphatic heterocycles. The first-order chi connectivity index (χ1) is 14.5. The predicted molar refractivity (Wildman–Crippen MR) is 122 cm³/mol. The van der Waals surface area contributed by atoms with Gasteiger partial charge in [0, 0.05) is 35.3 Å². The van der Waals surface area contributed by atoms with Crippen molar-refractivity contribution in [1.82, 2.24) is 15.1 Å². The van der Waals surface area contributed by atoms with E-state index in [1.165, 1.54) is 12.1 Å². The molecule has 1 aliphatic carbocycles. The monoisotopic (exact) mass is 426 g/mol. The SMILES string of the molecule is CC(O)C1=CC(SCc2nnc(-c3ccc(N4CCC(N(C)C)C4)cc3)o2)=CCC1. The summed E-state index contributed by atoms with van der Waals surface area (Å²) in [5.41, 5.74) is 3.27. The maximum absolute atomic E-state index is 9.78. The lowest BCUT2D eigenvalue weighted by atomic mass is 10.0. The number of hydrogen-bond acceptors (Lipinski definition) is 7. The highest BCUT2D eigenvalue weighted by Gasteiger charge is 2.24. The average Bonchev–Trinajstić information content (AvgIpc) is 3.43. The Morgan fingerprint density at radius 3 is 2.77 bits per heavy atom. The third kappa shape index (κ3) is 4.96. The summed E-state index contributed by atoms with van der Waals surface area (Å²) in [5.74, 6) is 1.80. The molecule has 2 heterocycles. The van der Waals surface area contributed by atoms with Crippen LogP contribution in [0.25, 0.3) is 11.5 Å². The summed E-state index contributed by atoms with van der Waals surface area (Å²) >= 11 is 1.67. The van der Waals surface area contributed by atoms with Crippen LogP contribution in [0.2, 0.25) is 0 Å². The molecule has 2 unspecified atom stereocenters. The Bertz CT molecular complexity index is 918. The molecule has 2 atom stereocenters. The number of likely N-dealkylation sites (N-methyl/N-ethyl adjacent to an activating group) is 1. The Hall–Kier alpha value is -2.09. The first kappa shape index (κ1) is 21.2. The number of benzene rings is 1. The smallest absolute Gasteiger partial charge is 0.247 e. The molecule has 7 heteroatoms. The maximum atomic E-state index is 9.78. The number of anilines is 1. The van der Waals surface area contributed by atoms with E-state index in [2.05, 4.69) is 70.5 Å². The fourth-order valence-electron chi connectivity index (χ4n) is 3.91. The Balaban J connectivity index is 1.36. The number of nitrogens with zero attached hydrogens (tertiary/aromatic N) is 4. The first-order valence-corrected chi connectivity index (χ1v) is 11.5. The Labute approximate surface area is 182 Å². The van der Waals surface area contributed by atoms with Crippen molar-refractivity contribution in [2.45, 2.75) is 44.1 Å². The highest BCUT2D eigenvalue weighted by atomic mass is 32.2. The minimum atomic E-state index is -0.387.